The average Bonchev–Trinajstić information content (AvgIpc) is 3.13. The zero-order valence-corrected chi connectivity index (χ0v) is 14.0. The van der Waals surface area contributed by atoms with Gasteiger partial charge < -0.3 is 19.9 Å². The first-order chi connectivity index (χ1) is 12.6. The molecule has 2 aromatic heterocycles. The maximum atomic E-state index is 10.5. The molecule has 0 aliphatic carbocycles. The van der Waals surface area contributed by atoms with E-state index in [1.54, 1.807) is 24.3 Å². The van der Waals surface area contributed by atoms with Crippen molar-refractivity contribution in [1.82, 2.24) is 9.55 Å². The van der Waals surface area contributed by atoms with Gasteiger partial charge in [-0.2, -0.15) is 0 Å². The number of aromatic amines is 1. The first-order valence-corrected chi connectivity index (χ1v) is 8.68. The van der Waals surface area contributed by atoms with Gasteiger partial charge in [0, 0.05) is 23.7 Å². The molecule has 4 aromatic rings. The Morgan fingerprint density at radius 2 is 1.73 bits per heavy atom. The van der Waals surface area contributed by atoms with Crippen molar-refractivity contribution in [3.05, 3.63) is 54.2 Å². The fourth-order valence-corrected chi connectivity index (χ4v) is 4.13. The van der Waals surface area contributed by atoms with Gasteiger partial charge >= 0.3 is 0 Å². The fraction of sp³-hybridized carbons (Fsp3) is 0.143. The maximum Gasteiger partial charge on any atom is 0.200 e. The van der Waals surface area contributed by atoms with Crippen LogP contribution >= 0.6 is 0 Å². The third-order valence-corrected chi connectivity index (χ3v) is 5.19. The molecule has 3 heterocycles. The summed E-state index contributed by atoms with van der Waals surface area (Å²) >= 11 is 0. The zero-order valence-electron chi connectivity index (χ0n) is 14.0. The molecule has 0 radical (unpaired) electrons. The van der Waals surface area contributed by atoms with Gasteiger partial charge in [-0.15, -0.1) is 0 Å². The molecule has 0 bridgehead atoms. The Bertz CT molecular complexity index is 1150. The molecule has 2 aromatic carbocycles. The topological polar surface area (TPSA) is 81.4 Å². The second kappa shape index (κ2) is 5.33. The van der Waals surface area contributed by atoms with E-state index in [9.17, 15) is 15.3 Å². The number of phenolic OH excluding ortho intramolecular Hbond substituents is 1. The van der Waals surface area contributed by atoms with Gasteiger partial charge in [0.2, 0.25) is 0 Å². The fourth-order valence-electron chi connectivity index (χ4n) is 4.13. The van der Waals surface area contributed by atoms with Crippen molar-refractivity contribution in [3.63, 3.8) is 0 Å². The van der Waals surface area contributed by atoms with Crippen LogP contribution in [-0.2, 0) is 13.0 Å². The highest BCUT2D eigenvalue weighted by Crippen LogP contribution is 2.48. The van der Waals surface area contributed by atoms with E-state index in [1.807, 2.05) is 18.3 Å². The van der Waals surface area contributed by atoms with Crippen molar-refractivity contribution >= 4 is 10.9 Å². The molecule has 0 saturated carbocycles. The molecule has 0 spiro atoms. The van der Waals surface area contributed by atoms with Crippen LogP contribution in [0.3, 0.4) is 0 Å². The molecule has 5 heteroatoms. The van der Waals surface area contributed by atoms with E-state index in [1.165, 1.54) is 11.1 Å². The Morgan fingerprint density at radius 1 is 0.923 bits per heavy atom. The molecule has 0 fully saturated rings. The van der Waals surface area contributed by atoms with Crippen LogP contribution in [-0.4, -0.2) is 24.9 Å². The Hall–Kier alpha value is -3.34. The lowest BCUT2D eigenvalue weighted by molar-refractivity contribution is 0.426. The SMILES string of the molecule is Oc1cccc(-c2c(O)[nH]c(O)c2-c2cn3c4c(cccc24)CCC3)c1. The Balaban J connectivity index is 1.84. The summed E-state index contributed by atoms with van der Waals surface area (Å²) in [5.74, 6) is -0.0873. The minimum absolute atomic E-state index is 0.0791. The quantitative estimate of drug-likeness (QED) is 0.435. The van der Waals surface area contributed by atoms with E-state index < -0.39 is 0 Å². The Kier molecular flexibility index (Phi) is 3.06. The van der Waals surface area contributed by atoms with E-state index in [4.69, 9.17) is 0 Å². The molecule has 0 saturated heterocycles. The van der Waals surface area contributed by atoms with Crippen molar-refractivity contribution in [1.29, 1.82) is 0 Å². The van der Waals surface area contributed by atoms with E-state index in [0.717, 1.165) is 30.3 Å². The number of benzene rings is 2. The summed E-state index contributed by atoms with van der Waals surface area (Å²) in [6.45, 7) is 0.937. The van der Waals surface area contributed by atoms with Gasteiger partial charge in [0.1, 0.15) is 5.75 Å². The standard InChI is InChI=1S/C21H18N2O3/c24-14-7-1-5-13(10-14)17-18(21(26)22-20(17)25)16-11-23-9-3-6-12-4-2-8-15(16)19(12)23/h1-2,4-5,7-8,10-11,22,24-26H,3,6,9H2. The van der Waals surface area contributed by atoms with E-state index in [2.05, 4.69) is 15.6 Å². The average molecular weight is 346 g/mol. The minimum Gasteiger partial charge on any atom is -0.508 e. The third-order valence-electron chi connectivity index (χ3n) is 5.19. The minimum atomic E-state index is -0.116. The Morgan fingerprint density at radius 3 is 2.58 bits per heavy atom. The number of H-pyrrole nitrogens is 1. The summed E-state index contributed by atoms with van der Waals surface area (Å²) in [5.41, 5.74) is 5.05. The van der Waals surface area contributed by atoms with Crippen molar-refractivity contribution in [3.8, 4) is 39.8 Å². The van der Waals surface area contributed by atoms with E-state index in [0.29, 0.717) is 16.7 Å². The van der Waals surface area contributed by atoms with Crippen LogP contribution in [0.1, 0.15) is 12.0 Å². The third kappa shape index (κ3) is 2.03. The molecular weight excluding hydrogens is 328 g/mol. The van der Waals surface area contributed by atoms with Crippen LogP contribution in [0.2, 0.25) is 0 Å². The number of phenols is 1. The lowest BCUT2D eigenvalue weighted by Crippen LogP contribution is -2.05. The van der Waals surface area contributed by atoms with Crippen molar-refractivity contribution in [2.45, 2.75) is 19.4 Å². The first kappa shape index (κ1) is 15.0. The first-order valence-electron chi connectivity index (χ1n) is 8.68. The van der Waals surface area contributed by atoms with Crippen molar-refractivity contribution in [2.75, 3.05) is 0 Å². The Labute approximate surface area is 149 Å². The molecule has 0 unspecified atom stereocenters. The van der Waals surface area contributed by atoms with Gasteiger partial charge in [0.15, 0.2) is 11.8 Å². The second-order valence-electron chi connectivity index (χ2n) is 6.78. The van der Waals surface area contributed by atoms with Crippen molar-refractivity contribution < 1.29 is 15.3 Å². The molecule has 5 rings (SSSR count). The highest BCUT2D eigenvalue weighted by Gasteiger charge is 2.25. The summed E-state index contributed by atoms with van der Waals surface area (Å²) in [7, 11) is 0. The van der Waals surface area contributed by atoms with Gasteiger partial charge in [-0.3, -0.25) is 4.98 Å². The van der Waals surface area contributed by atoms with Crippen LogP contribution in [0, 0.1) is 0 Å². The maximum absolute atomic E-state index is 10.5. The summed E-state index contributed by atoms with van der Waals surface area (Å²) in [5, 5.41) is 31.8. The van der Waals surface area contributed by atoms with Gasteiger partial charge in [0.25, 0.3) is 0 Å². The number of aromatic hydroxyl groups is 3. The molecule has 1 aliphatic rings. The number of aromatic nitrogens is 2. The summed E-state index contributed by atoms with van der Waals surface area (Å²) < 4.78 is 2.22. The van der Waals surface area contributed by atoms with E-state index in [-0.39, 0.29) is 17.5 Å². The predicted octanol–water partition coefficient (Wildman–Crippen LogP) is 4.37. The number of nitrogens with one attached hydrogen (secondary N) is 1. The molecule has 26 heavy (non-hydrogen) atoms. The molecular formula is C21H18N2O3. The van der Waals surface area contributed by atoms with Crippen LogP contribution in [0.4, 0.5) is 0 Å². The summed E-state index contributed by atoms with van der Waals surface area (Å²) in [6, 6.07) is 12.9. The van der Waals surface area contributed by atoms with Gasteiger partial charge in [-0.25, -0.2) is 0 Å². The number of hydrogen-bond acceptors (Lipinski definition) is 3. The zero-order chi connectivity index (χ0) is 17.8. The van der Waals surface area contributed by atoms with Gasteiger partial charge in [0.05, 0.1) is 16.6 Å². The van der Waals surface area contributed by atoms with Crippen LogP contribution in [0.25, 0.3) is 33.2 Å². The lowest BCUT2D eigenvalue weighted by atomic mass is 9.96. The van der Waals surface area contributed by atoms with Crippen molar-refractivity contribution in [2.24, 2.45) is 0 Å². The monoisotopic (exact) mass is 346 g/mol. The lowest BCUT2D eigenvalue weighted by Gasteiger charge is -2.14. The number of rotatable bonds is 2. The van der Waals surface area contributed by atoms with E-state index >= 15 is 0 Å². The largest absolute Gasteiger partial charge is 0.508 e. The van der Waals surface area contributed by atoms with Crippen LogP contribution < -0.4 is 0 Å². The number of para-hydroxylation sites is 1. The highest BCUT2D eigenvalue weighted by molar-refractivity contribution is 6.04. The number of aryl methyl sites for hydroxylation is 2. The van der Waals surface area contributed by atoms with Gasteiger partial charge in [-0.05, 0) is 36.1 Å². The summed E-state index contributed by atoms with van der Waals surface area (Å²) in [4.78, 5) is 2.63. The number of hydrogen-bond donors (Lipinski definition) is 4. The normalized spacial score (nSPS) is 13.4. The molecule has 5 nitrogen and oxygen atoms in total. The predicted molar refractivity (Wildman–Crippen MR) is 100 cm³/mol. The van der Waals surface area contributed by atoms with Gasteiger partial charge in [-0.1, -0.05) is 30.3 Å². The van der Waals surface area contributed by atoms with Crippen LogP contribution in [0.5, 0.6) is 17.5 Å². The van der Waals surface area contributed by atoms with Crippen LogP contribution in [0.15, 0.2) is 48.7 Å². The summed E-state index contributed by atoms with van der Waals surface area (Å²) in [6.07, 6.45) is 4.18. The number of nitrogens with zero attached hydrogens (tertiary/aromatic N) is 1. The molecule has 1 aliphatic heterocycles. The molecule has 0 atom stereocenters. The highest BCUT2D eigenvalue weighted by atomic mass is 16.3. The molecule has 4 N–H and O–H groups in total. The molecule has 0 amide bonds. The smallest absolute Gasteiger partial charge is 0.200 e. The second-order valence-corrected chi connectivity index (χ2v) is 6.78. The molecule has 130 valence electrons.